The fourth-order valence-corrected chi connectivity index (χ4v) is 2.78. The monoisotopic (exact) mass is 475 g/mol. The summed E-state index contributed by atoms with van der Waals surface area (Å²) in [6.45, 7) is 9.93. The van der Waals surface area contributed by atoms with Crippen LogP contribution in [0.15, 0.2) is 29.3 Å². The van der Waals surface area contributed by atoms with Crippen LogP contribution in [0.3, 0.4) is 0 Å². The van der Waals surface area contributed by atoms with Gasteiger partial charge in [-0.15, -0.1) is 24.0 Å². The van der Waals surface area contributed by atoms with E-state index >= 15 is 0 Å². The first-order valence-corrected chi connectivity index (χ1v) is 9.91. The van der Waals surface area contributed by atoms with Crippen molar-refractivity contribution in [2.75, 3.05) is 25.9 Å². The minimum absolute atomic E-state index is 0. The minimum atomic E-state index is 0. The van der Waals surface area contributed by atoms with Crippen molar-refractivity contribution in [3.8, 4) is 0 Å². The van der Waals surface area contributed by atoms with Crippen molar-refractivity contribution < 1.29 is 0 Å². The van der Waals surface area contributed by atoms with Gasteiger partial charge < -0.3 is 15.2 Å². The Balaban J connectivity index is 0.00000312. The van der Waals surface area contributed by atoms with E-state index in [1.54, 1.807) is 0 Å². The Kier molecular flexibility index (Phi) is 10.3. The SMILES string of the molecule is CCNC(=NCC(C)SC)NCCCn1c(C)nc2ccccc21.I. The minimum Gasteiger partial charge on any atom is -0.357 e. The number of thioether (sulfide) groups is 1. The second-order valence-electron chi connectivity index (χ2n) is 5.85. The lowest BCUT2D eigenvalue weighted by Crippen LogP contribution is -2.38. The molecular formula is C18H30IN5S. The van der Waals surface area contributed by atoms with Gasteiger partial charge in [0.15, 0.2) is 5.96 Å². The average Bonchev–Trinajstić information content (AvgIpc) is 2.91. The number of benzene rings is 1. The van der Waals surface area contributed by atoms with Gasteiger partial charge in [-0.25, -0.2) is 4.98 Å². The highest BCUT2D eigenvalue weighted by Gasteiger charge is 2.06. The number of nitrogens with one attached hydrogen (secondary N) is 2. The van der Waals surface area contributed by atoms with Crippen molar-refractivity contribution in [3.63, 3.8) is 0 Å². The Morgan fingerprint density at radius 3 is 2.80 bits per heavy atom. The number of aliphatic imine (C=N–C) groups is 1. The molecule has 0 saturated heterocycles. The molecule has 0 radical (unpaired) electrons. The molecule has 1 atom stereocenters. The maximum atomic E-state index is 4.64. The number of aromatic nitrogens is 2. The third-order valence-electron chi connectivity index (χ3n) is 3.95. The number of hydrogen-bond donors (Lipinski definition) is 2. The second kappa shape index (κ2) is 11.6. The molecule has 0 fully saturated rings. The second-order valence-corrected chi connectivity index (χ2v) is 7.12. The number of halogens is 1. The molecule has 5 nitrogen and oxygen atoms in total. The number of imidazole rings is 1. The number of fused-ring (bicyclic) bond motifs is 1. The van der Waals surface area contributed by atoms with E-state index in [2.05, 4.69) is 70.4 Å². The molecule has 1 unspecified atom stereocenters. The summed E-state index contributed by atoms with van der Waals surface area (Å²) in [5.74, 6) is 1.98. The summed E-state index contributed by atoms with van der Waals surface area (Å²) in [6.07, 6.45) is 3.15. The van der Waals surface area contributed by atoms with E-state index in [4.69, 9.17) is 0 Å². The molecule has 7 heteroatoms. The first-order valence-electron chi connectivity index (χ1n) is 8.62. The maximum Gasteiger partial charge on any atom is 0.191 e. The van der Waals surface area contributed by atoms with E-state index in [9.17, 15) is 0 Å². The van der Waals surface area contributed by atoms with Gasteiger partial charge in [-0.3, -0.25) is 4.99 Å². The van der Waals surface area contributed by atoms with Gasteiger partial charge in [-0.1, -0.05) is 19.1 Å². The fraction of sp³-hybridized carbons (Fsp3) is 0.556. The molecule has 1 aromatic carbocycles. The molecule has 0 amide bonds. The molecule has 2 rings (SSSR count). The average molecular weight is 475 g/mol. The largest absolute Gasteiger partial charge is 0.357 e. The molecule has 1 heterocycles. The van der Waals surface area contributed by atoms with Crippen LogP contribution in [-0.2, 0) is 6.54 Å². The van der Waals surface area contributed by atoms with Crippen LogP contribution >= 0.6 is 35.7 Å². The number of nitrogens with zero attached hydrogens (tertiary/aromatic N) is 3. The Hall–Kier alpha value is -0.960. The predicted molar refractivity (Wildman–Crippen MR) is 121 cm³/mol. The first-order chi connectivity index (χ1) is 11.7. The third-order valence-corrected chi connectivity index (χ3v) is 4.90. The highest BCUT2D eigenvalue weighted by molar-refractivity contribution is 14.0. The fourth-order valence-electron chi connectivity index (χ4n) is 2.56. The van der Waals surface area contributed by atoms with Gasteiger partial charge >= 0.3 is 0 Å². The molecule has 0 aliphatic heterocycles. The van der Waals surface area contributed by atoms with Crippen LogP contribution in [0.2, 0.25) is 0 Å². The highest BCUT2D eigenvalue weighted by Crippen LogP contribution is 2.15. The Bertz CT molecular complexity index is 671. The van der Waals surface area contributed by atoms with Gasteiger partial charge in [-0.05, 0) is 38.7 Å². The molecule has 0 aliphatic carbocycles. The van der Waals surface area contributed by atoms with Gasteiger partial charge in [0.05, 0.1) is 17.6 Å². The molecule has 0 bridgehead atoms. The predicted octanol–water partition coefficient (Wildman–Crippen LogP) is 3.66. The summed E-state index contributed by atoms with van der Waals surface area (Å²) in [4.78, 5) is 9.26. The maximum absolute atomic E-state index is 4.64. The first kappa shape index (κ1) is 22.1. The van der Waals surface area contributed by atoms with E-state index < -0.39 is 0 Å². The number of hydrogen-bond acceptors (Lipinski definition) is 3. The lowest BCUT2D eigenvalue weighted by atomic mass is 10.3. The van der Waals surface area contributed by atoms with E-state index in [1.165, 1.54) is 5.52 Å². The van der Waals surface area contributed by atoms with Crippen LogP contribution < -0.4 is 10.6 Å². The summed E-state index contributed by atoms with van der Waals surface area (Å²) >= 11 is 1.84. The summed E-state index contributed by atoms with van der Waals surface area (Å²) in [5.41, 5.74) is 2.29. The van der Waals surface area contributed by atoms with Crippen molar-refractivity contribution in [2.24, 2.45) is 4.99 Å². The Morgan fingerprint density at radius 1 is 1.32 bits per heavy atom. The molecule has 140 valence electrons. The van der Waals surface area contributed by atoms with Crippen molar-refractivity contribution in [2.45, 2.75) is 39.0 Å². The van der Waals surface area contributed by atoms with Crippen molar-refractivity contribution in [3.05, 3.63) is 30.1 Å². The summed E-state index contributed by atoms with van der Waals surface area (Å²) in [6, 6.07) is 8.31. The van der Waals surface area contributed by atoms with E-state index in [1.807, 2.05) is 17.8 Å². The summed E-state index contributed by atoms with van der Waals surface area (Å²) in [5, 5.41) is 7.28. The van der Waals surface area contributed by atoms with Gasteiger partial charge in [0.2, 0.25) is 0 Å². The van der Waals surface area contributed by atoms with Crippen molar-refractivity contribution >= 4 is 52.7 Å². The van der Waals surface area contributed by atoms with Gasteiger partial charge in [0.25, 0.3) is 0 Å². The lowest BCUT2D eigenvalue weighted by molar-refractivity contribution is 0.624. The molecular weight excluding hydrogens is 445 g/mol. The number of aryl methyl sites for hydroxylation is 2. The Labute approximate surface area is 172 Å². The van der Waals surface area contributed by atoms with Crippen LogP contribution in [0.1, 0.15) is 26.1 Å². The van der Waals surface area contributed by atoms with Crippen molar-refractivity contribution in [1.29, 1.82) is 0 Å². The van der Waals surface area contributed by atoms with E-state index in [-0.39, 0.29) is 24.0 Å². The normalized spacial score (nSPS) is 12.7. The molecule has 0 saturated carbocycles. The highest BCUT2D eigenvalue weighted by atomic mass is 127. The zero-order valence-electron chi connectivity index (χ0n) is 15.6. The van der Waals surface area contributed by atoms with Crippen molar-refractivity contribution in [1.82, 2.24) is 20.2 Å². The molecule has 25 heavy (non-hydrogen) atoms. The number of para-hydroxylation sites is 2. The van der Waals surface area contributed by atoms with Gasteiger partial charge in [0, 0.05) is 24.9 Å². The van der Waals surface area contributed by atoms with Crippen LogP contribution in [0.4, 0.5) is 0 Å². The van der Waals surface area contributed by atoms with E-state index in [0.29, 0.717) is 5.25 Å². The summed E-state index contributed by atoms with van der Waals surface area (Å²) in [7, 11) is 0. The van der Waals surface area contributed by atoms with Gasteiger partial charge in [0.1, 0.15) is 5.82 Å². The van der Waals surface area contributed by atoms with Crippen LogP contribution in [0.25, 0.3) is 11.0 Å². The topological polar surface area (TPSA) is 54.2 Å². The Morgan fingerprint density at radius 2 is 2.08 bits per heavy atom. The molecule has 0 aliphatic rings. The van der Waals surface area contributed by atoms with Crippen LogP contribution in [0.5, 0.6) is 0 Å². The quantitative estimate of drug-likeness (QED) is 0.265. The van der Waals surface area contributed by atoms with E-state index in [0.717, 1.165) is 49.9 Å². The number of guanidine groups is 1. The van der Waals surface area contributed by atoms with Crippen LogP contribution in [0, 0.1) is 6.92 Å². The number of rotatable bonds is 8. The standard InChI is InChI=1S/C18H29N5S.HI/c1-5-19-18(21-13-14(2)24-4)20-11-8-12-23-15(3)22-16-9-6-7-10-17(16)23;/h6-7,9-10,14H,5,8,11-13H2,1-4H3,(H2,19,20,21);1H. The van der Waals surface area contributed by atoms with Gasteiger partial charge in [-0.2, -0.15) is 11.8 Å². The zero-order chi connectivity index (χ0) is 17.4. The smallest absolute Gasteiger partial charge is 0.191 e. The van der Waals surface area contributed by atoms with Crippen LogP contribution in [-0.4, -0.2) is 46.7 Å². The zero-order valence-corrected chi connectivity index (χ0v) is 18.7. The summed E-state index contributed by atoms with van der Waals surface area (Å²) < 4.78 is 2.29. The molecule has 2 aromatic rings. The molecule has 0 spiro atoms. The third kappa shape index (κ3) is 6.69. The lowest BCUT2D eigenvalue weighted by Gasteiger charge is -2.13. The molecule has 2 N–H and O–H groups in total. The molecule has 1 aromatic heterocycles.